The number of urea groups is 1. The summed E-state index contributed by atoms with van der Waals surface area (Å²) in [6, 6.07) is 6.01. The summed E-state index contributed by atoms with van der Waals surface area (Å²) in [7, 11) is 2.17. The Balaban J connectivity index is 1.56. The molecule has 2 fully saturated rings. The van der Waals surface area contributed by atoms with E-state index in [1.54, 1.807) is 18.2 Å². The predicted molar refractivity (Wildman–Crippen MR) is 75.2 cm³/mol. The molecule has 0 spiro atoms. The number of nitrogens with zero attached hydrogens (tertiary/aromatic N) is 2. The van der Waals surface area contributed by atoms with Crippen LogP contribution in [0.5, 0.6) is 0 Å². The molecular formula is C14H20N4O2. The molecule has 2 aliphatic rings. The number of carbonyl (C=O) groups is 1. The van der Waals surface area contributed by atoms with Crippen LogP contribution in [0.15, 0.2) is 24.4 Å². The van der Waals surface area contributed by atoms with Gasteiger partial charge in [0.05, 0.1) is 6.20 Å². The lowest BCUT2D eigenvalue weighted by molar-refractivity contribution is -0.590. The number of rotatable bonds is 2. The van der Waals surface area contributed by atoms with Crippen molar-refractivity contribution in [3.05, 3.63) is 29.6 Å². The Morgan fingerprint density at radius 3 is 2.70 bits per heavy atom. The molecule has 0 aliphatic carbocycles. The second-order valence-electron chi connectivity index (χ2n) is 5.73. The molecule has 2 aliphatic heterocycles. The van der Waals surface area contributed by atoms with Gasteiger partial charge in [-0.05, 0) is 38.8 Å². The van der Waals surface area contributed by atoms with E-state index in [1.807, 2.05) is 0 Å². The van der Waals surface area contributed by atoms with E-state index in [0.29, 0.717) is 16.8 Å². The van der Waals surface area contributed by atoms with Crippen LogP contribution >= 0.6 is 0 Å². The third-order valence-electron chi connectivity index (χ3n) is 4.50. The number of anilines is 1. The maximum Gasteiger partial charge on any atom is 0.406 e. The Labute approximate surface area is 118 Å². The summed E-state index contributed by atoms with van der Waals surface area (Å²) in [5.74, 6) is 0.251. The van der Waals surface area contributed by atoms with Crippen molar-refractivity contribution < 1.29 is 9.52 Å². The third-order valence-corrected chi connectivity index (χ3v) is 4.50. The lowest BCUT2D eigenvalue weighted by Crippen LogP contribution is -2.50. The fourth-order valence-corrected chi connectivity index (χ4v) is 3.39. The van der Waals surface area contributed by atoms with E-state index in [9.17, 15) is 10.0 Å². The van der Waals surface area contributed by atoms with Gasteiger partial charge in [0.2, 0.25) is 0 Å². The van der Waals surface area contributed by atoms with Gasteiger partial charge in [-0.2, -0.15) is 5.32 Å². The van der Waals surface area contributed by atoms with Gasteiger partial charge < -0.3 is 15.4 Å². The van der Waals surface area contributed by atoms with E-state index >= 15 is 0 Å². The molecular weight excluding hydrogens is 256 g/mol. The number of carbonyl (C=O) groups excluding carboxylic acids is 1. The summed E-state index contributed by atoms with van der Waals surface area (Å²) in [5.41, 5.74) is 0. The molecule has 1 aromatic heterocycles. The van der Waals surface area contributed by atoms with Gasteiger partial charge in [0, 0.05) is 24.2 Å². The van der Waals surface area contributed by atoms with E-state index in [1.165, 1.54) is 19.0 Å². The lowest BCUT2D eigenvalue weighted by atomic mass is 9.98. The zero-order valence-electron chi connectivity index (χ0n) is 11.6. The van der Waals surface area contributed by atoms with Gasteiger partial charge in [-0.25, -0.2) is 9.52 Å². The topological polar surface area (TPSA) is 71.3 Å². The van der Waals surface area contributed by atoms with Gasteiger partial charge in [0.1, 0.15) is 0 Å². The molecule has 2 bridgehead atoms. The Morgan fingerprint density at radius 1 is 1.35 bits per heavy atom. The smallest absolute Gasteiger partial charge is 0.406 e. The summed E-state index contributed by atoms with van der Waals surface area (Å²) in [5, 5.41) is 17.1. The van der Waals surface area contributed by atoms with Crippen LogP contribution in [-0.2, 0) is 0 Å². The SMILES string of the molecule is CN1C2CCC1CC(NC(=O)Nc1cccc[n+]1[O-])C2. The number of amides is 2. The molecule has 0 radical (unpaired) electrons. The first-order valence-corrected chi connectivity index (χ1v) is 7.11. The first-order valence-electron chi connectivity index (χ1n) is 7.11. The van der Waals surface area contributed by atoms with Crippen molar-refractivity contribution in [1.82, 2.24) is 10.2 Å². The van der Waals surface area contributed by atoms with Crippen molar-refractivity contribution in [3.8, 4) is 0 Å². The number of hydrogen-bond acceptors (Lipinski definition) is 3. The normalized spacial score (nSPS) is 29.1. The lowest BCUT2D eigenvalue weighted by Gasteiger charge is -2.36. The molecule has 108 valence electrons. The first-order chi connectivity index (χ1) is 9.63. The van der Waals surface area contributed by atoms with E-state index in [2.05, 4.69) is 22.6 Å². The molecule has 2 unspecified atom stereocenters. The maximum absolute atomic E-state index is 12.0. The van der Waals surface area contributed by atoms with Gasteiger partial charge >= 0.3 is 6.03 Å². The molecule has 2 saturated heterocycles. The molecule has 20 heavy (non-hydrogen) atoms. The molecule has 3 heterocycles. The van der Waals surface area contributed by atoms with Gasteiger partial charge in [0.15, 0.2) is 0 Å². The number of pyridine rings is 1. The average molecular weight is 276 g/mol. The highest BCUT2D eigenvalue weighted by Crippen LogP contribution is 2.34. The van der Waals surface area contributed by atoms with Gasteiger partial charge in [0.25, 0.3) is 5.82 Å². The maximum atomic E-state index is 12.0. The molecule has 3 rings (SSSR count). The van der Waals surface area contributed by atoms with E-state index in [0.717, 1.165) is 12.8 Å². The predicted octanol–water partition coefficient (Wildman–Crippen LogP) is 1.07. The second-order valence-corrected chi connectivity index (χ2v) is 5.73. The molecule has 2 N–H and O–H groups in total. The number of fused-ring (bicyclic) bond motifs is 2. The zero-order chi connectivity index (χ0) is 14.1. The van der Waals surface area contributed by atoms with Crippen molar-refractivity contribution in [2.24, 2.45) is 0 Å². The summed E-state index contributed by atoms with van der Waals surface area (Å²) in [4.78, 5) is 14.4. The largest absolute Gasteiger partial charge is 0.711 e. The molecule has 0 aromatic carbocycles. The summed E-state index contributed by atoms with van der Waals surface area (Å²) in [6.45, 7) is 0. The number of aromatic nitrogens is 1. The van der Waals surface area contributed by atoms with Crippen molar-refractivity contribution in [2.45, 2.75) is 43.8 Å². The van der Waals surface area contributed by atoms with Gasteiger partial charge in [-0.3, -0.25) is 0 Å². The van der Waals surface area contributed by atoms with Gasteiger partial charge in [-0.15, -0.1) is 0 Å². The van der Waals surface area contributed by atoms with Crippen molar-refractivity contribution in [2.75, 3.05) is 12.4 Å². The summed E-state index contributed by atoms with van der Waals surface area (Å²) in [6.07, 6.45) is 5.80. The van der Waals surface area contributed by atoms with Crippen LogP contribution in [0.3, 0.4) is 0 Å². The molecule has 6 heteroatoms. The number of nitrogens with one attached hydrogen (secondary N) is 2. The fourth-order valence-electron chi connectivity index (χ4n) is 3.39. The van der Waals surface area contributed by atoms with E-state index < -0.39 is 0 Å². The highest BCUT2D eigenvalue weighted by Gasteiger charge is 2.39. The van der Waals surface area contributed by atoms with Crippen LogP contribution in [0.1, 0.15) is 25.7 Å². The number of hydrogen-bond donors (Lipinski definition) is 2. The Bertz CT molecular complexity index is 494. The molecule has 2 atom stereocenters. The molecule has 0 saturated carbocycles. The first kappa shape index (κ1) is 13.2. The van der Waals surface area contributed by atoms with Crippen LogP contribution in [-0.4, -0.2) is 36.1 Å². The highest BCUT2D eigenvalue weighted by molar-refractivity contribution is 5.87. The average Bonchev–Trinajstić information content (AvgIpc) is 2.63. The molecule has 1 aromatic rings. The number of piperidine rings is 1. The van der Waals surface area contributed by atoms with Crippen molar-refractivity contribution >= 4 is 11.8 Å². The fraction of sp³-hybridized carbons (Fsp3) is 0.571. The van der Waals surface area contributed by atoms with Crippen LogP contribution < -0.4 is 15.4 Å². The standard InChI is InChI=1S/C14H20N4O2/c1-17-11-5-6-12(17)9-10(8-11)15-14(19)16-13-4-2-3-7-18(13)20/h2-4,7,10-12H,5-6,8-9H2,1H3,(H2,15,16,19). The minimum Gasteiger partial charge on any atom is -0.711 e. The zero-order valence-corrected chi connectivity index (χ0v) is 11.6. The Kier molecular flexibility index (Phi) is 3.48. The molecule has 2 amide bonds. The van der Waals surface area contributed by atoms with Crippen LogP contribution in [0.25, 0.3) is 0 Å². The summed E-state index contributed by atoms with van der Waals surface area (Å²) >= 11 is 0. The van der Waals surface area contributed by atoms with Crippen molar-refractivity contribution in [3.63, 3.8) is 0 Å². The van der Waals surface area contributed by atoms with E-state index in [-0.39, 0.29) is 17.9 Å². The minimum absolute atomic E-state index is 0.201. The second kappa shape index (κ2) is 5.28. The van der Waals surface area contributed by atoms with Gasteiger partial charge in [-0.1, -0.05) is 6.07 Å². The Morgan fingerprint density at radius 2 is 2.05 bits per heavy atom. The van der Waals surface area contributed by atoms with Crippen LogP contribution in [0.4, 0.5) is 10.6 Å². The summed E-state index contributed by atoms with van der Waals surface area (Å²) < 4.78 is 0.651. The van der Waals surface area contributed by atoms with E-state index in [4.69, 9.17) is 0 Å². The minimum atomic E-state index is -0.297. The van der Waals surface area contributed by atoms with Crippen molar-refractivity contribution in [1.29, 1.82) is 0 Å². The molecule has 6 nitrogen and oxygen atoms in total. The quantitative estimate of drug-likeness (QED) is 0.627. The third kappa shape index (κ3) is 2.56. The monoisotopic (exact) mass is 276 g/mol. The Hall–Kier alpha value is -1.82. The van der Waals surface area contributed by atoms with Crippen LogP contribution in [0.2, 0.25) is 0 Å². The van der Waals surface area contributed by atoms with Crippen LogP contribution in [0, 0.1) is 5.21 Å². The highest BCUT2D eigenvalue weighted by atomic mass is 16.5.